The minimum atomic E-state index is -2.94. The molecule has 13 heavy (non-hydrogen) atoms. The van der Waals surface area contributed by atoms with Crippen molar-refractivity contribution in [2.45, 2.75) is 13.0 Å². The number of guanidine groups is 1. The van der Waals surface area contributed by atoms with Crippen molar-refractivity contribution in [2.75, 3.05) is 18.1 Å². The van der Waals surface area contributed by atoms with Gasteiger partial charge in [-0.1, -0.05) is 5.16 Å². The quantitative estimate of drug-likeness (QED) is 0.225. The lowest BCUT2D eigenvalue weighted by molar-refractivity contribution is 0.283. The first-order chi connectivity index (χ1) is 5.96. The molecule has 1 saturated heterocycles. The third-order valence-corrected chi connectivity index (χ3v) is 3.86. The molecule has 3 N–H and O–H groups in total. The SMILES string of the molecule is CC1CS(=O)(=O)CCN1C(N)=NO. The highest BCUT2D eigenvalue weighted by Crippen LogP contribution is 2.10. The minimum Gasteiger partial charge on any atom is -0.408 e. The maximum atomic E-state index is 11.1. The second kappa shape index (κ2) is 3.41. The second-order valence-electron chi connectivity index (χ2n) is 3.11. The van der Waals surface area contributed by atoms with Crippen LogP contribution in [-0.4, -0.2) is 48.6 Å². The van der Waals surface area contributed by atoms with E-state index < -0.39 is 9.84 Å². The van der Waals surface area contributed by atoms with Crippen molar-refractivity contribution in [3.63, 3.8) is 0 Å². The Bertz CT molecular complexity index is 311. The van der Waals surface area contributed by atoms with Crippen LogP contribution in [0.25, 0.3) is 0 Å². The molecule has 6 nitrogen and oxygen atoms in total. The fourth-order valence-electron chi connectivity index (χ4n) is 1.40. The van der Waals surface area contributed by atoms with Crippen LogP contribution in [0, 0.1) is 0 Å². The molecule has 1 fully saturated rings. The van der Waals surface area contributed by atoms with Crippen LogP contribution >= 0.6 is 0 Å². The van der Waals surface area contributed by atoms with E-state index in [0.29, 0.717) is 6.54 Å². The summed E-state index contributed by atoms with van der Waals surface area (Å²) in [6.45, 7) is 2.02. The monoisotopic (exact) mass is 207 g/mol. The van der Waals surface area contributed by atoms with E-state index in [1.54, 1.807) is 11.8 Å². The van der Waals surface area contributed by atoms with Crippen LogP contribution in [0.1, 0.15) is 6.92 Å². The Morgan fingerprint density at radius 3 is 2.77 bits per heavy atom. The third kappa shape index (κ3) is 2.24. The summed E-state index contributed by atoms with van der Waals surface area (Å²) in [5.74, 6) is 0.0962. The molecule has 0 spiro atoms. The molecular weight excluding hydrogens is 194 g/mol. The van der Waals surface area contributed by atoms with Crippen molar-refractivity contribution in [1.29, 1.82) is 0 Å². The highest BCUT2D eigenvalue weighted by molar-refractivity contribution is 7.91. The molecule has 76 valence electrons. The van der Waals surface area contributed by atoms with Gasteiger partial charge in [-0.05, 0) is 6.92 Å². The Labute approximate surface area is 76.9 Å². The Kier molecular flexibility index (Phi) is 2.65. The van der Waals surface area contributed by atoms with Crippen molar-refractivity contribution >= 4 is 15.8 Å². The van der Waals surface area contributed by atoms with Crippen molar-refractivity contribution < 1.29 is 13.6 Å². The van der Waals surface area contributed by atoms with Crippen molar-refractivity contribution in [1.82, 2.24) is 4.90 Å². The fraction of sp³-hybridized carbons (Fsp3) is 0.833. The summed E-state index contributed by atoms with van der Waals surface area (Å²) in [6.07, 6.45) is 0. The van der Waals surface area contributed by atoms with Crippen LogP contribution in [0.2, 0.25) is 0 Å². The molecule has 1 unspecified atom stereocenters. The molecule has 1 aliphatic rings. The molecule has 1 aliphatic heterocycles. The maximum Gasteiger partial charge on any atom is 0.233 e. The zero-order chi connectivity index (χ0) is 10.1. The highest BCUT2D eigenvalue weighted by Gasteiger charge is 2.29. The normalized spacial score (nSPS) is 28.8. The van der Waals surface area contributed by atoms with E-state index in [2.05, 4.69) is 5.16 Å². The van der Waals surface area contributed by atoms with Crippen molar-refractivity contribution in [3.05, 3.63) is 0 Å². The van der Waals surface area contributed by atoms with E-state index in [1.807, 2.05) is 0 Å². The van der Waals surface area contributed by atoms with Gasteiger partial charge in [0.25, 0.3) is 0 Å². The third-order valence-electron chi connectivity index (χ3n) is 2.07. The maximum absolute atomic E-state index is 11.1. The van der Waals surface area contributed by atoms with Crippen LogP contribution in [0.5, 0.6) is 0 Å². The zero-order valence-electron chi connectivity index (χ0n) is 7.34. The average Bonchev–Trinajstić information content (AvgIpc) is 2.01. The molecule has 0 aromatic carbocycles. The summed E-state index contributed by atoms with van der Waals surface area (Å²) in [6, 6.07) is -0.227. The fourth-order valence-corrected chi connectivity index (χ4v) is 2.95. The van der Waals surface area contributed by atoms with E-state index in [0.717, 1.165) is 0 Å². The molecule has 0 radical (unpaired) electrons. The smallest absolute Gasteiger partial charge is 0.233 e. The Balaban J connectivity index is 2.75. The van der Waals surface area contributed by atoms with E-state index in [1.165, 1.54) is 0 Å². The van der Waals surface area contributed by atoms with E-state index >= 15 is 0 Å². The van der Waals surface area contributed by atoms with Gasteiger partial charge in [-0.15, -0.1) is 0 Å². The first kappa shape index (κ1) is 10.1. The molecule has 7 heteroatoms. The lowest BCUT2D eigenvalue weighted by Crippen LogP contribution is -2.52. The van der Waals surface area contributed by atoms with Gasteiger partial charge in [0, 0.05) is 12.6 Å². The molecule has 1 atom stereocenters. The average molecular weight is 207 g/mol. The summed E-state index contributed by atoms with van der Waals surface area (Å²) in [4.78, 5) is 1.57. The van der Waals surface area contributed by atoms with E-state index in [9.17, 15) is 8.42 Å². The second-order valence-corrected chi connectivity index (χ2v) is 5.34. The molecule has 0 aliphatic carbocycles. The van der Waals surface area contributed by atoms with Crippen LogP contribution in [0.15, 0.2) is 5.16 Å². The molecule has 1 heterocycles. The topological polar surface area (TPSA) is 96.0 Å². The summed E-state index contributed by atoms with van der Waals surface area (Å²) < 4.78 is 22.3. The predicted octanol–water partition coefficient (Wildman–Crippen LogP) is -1.19. The van der Waals surface area contributed by atoms with Crippen molar-refractivity contribution in [2.24, 2.45) is 10.9 Å². The Morgan fingerprint density at radius 1 is 1.69 bits per heavy atom. The number of nitrogens with zero attached hydrogens (tertiary/aromatic N) is 2. The molecule has 1 rings (SSSR count). The summed E-state index contributed by atoms with van der Waals surface area (Å²) in [7, 11) is -2.94. The Morgan fingerprint density at radius 2 is 2.31 bits per heavy atom. The summed E-state index contributed by atoms with van der Waals surface area (Å²) in [5.41, 5.74) is 5.36. The van der Waals surface area contributed by atoms with Gasteiger partial charge in [-0.3, -0.25) is 0 Å². The van der Waals surface area contributed by atoms with Gasteiger partial charge in [-0.25, -0.2) is 8.42 Å². The standard InChI is InChI=1S/C6H13N3O3S/c1-5-4-13(11,12)3-2-9(5)6(7)8-10/h5,10H,2-4H2,1H3,(H2,7,8). The number of nitrogens with two attached hydrogens (primary N) is 1. The molecule has 0 aromatic heterocycles. The summed E-state index contributed by atoms with van der Waals surface area (Å²) in [5, 5.41) is 11.2. The molecule has 0 saturated carbocycles. The van der Waals surface area contributed by atoms with E-state index in [-0.39, 0.29) is 23.5 Å². The first-order valence-electron chi connectivity index (χ1n) is 3.91. The van der Waals surface area contributed by atoms with Gasteiger partial charge >= 0.3 is 0 Å². The van der Waals surface area contributed by atoms with Gasteiger partial charge in [-0.2, -0.15) is 0 Å². The minimum absolute atomic E-state index is 0.0256. The van der Waals surface area contributed by atoms with Gasteiger partial charge < -0.3 is 15.8 Å². The largest absolute Gasteiger partial charge is 0.408 e. The number of rotatable bonds is 0. The lowest BCUT2D eigenvalue weighted by atomic mass is 10.3. The number of oxime groups is 1. The van der Waals surface area contributed by atoms with Crippen LogP contribution in [0.3, 0.4) is 0 Å². The lowest BCUT2D eigenvalue weighted by Gasteiger charge is -2.33. The number of hydrogen-bond acceptors (Lipinski definition) is 4. The van der Waals surface area contributed by atoms with Crippen LogP contribution in [-0.2, 0) is 9.84 Å². The van der Waals surface area contributed by atoms with Gasteiger partial charge in [0.15, 0.2) is 9.84 Å². The number of sulfone groups is 1. The van der Waals surface area contributed by atoms with E-state index in [4.69, 9.17) is 10.9 Å². The predicted molar refractivity (Wildman–Crippen MR) is 48.2 cm³/mol. The molecule has 0 aromatic rings. The van der Waals surface area contributed by atoms with Gasteiger partial charge in [0.2, 0.25) is 5.96 Å². The molecule has 0 amide bonds. The first-order valence-corrected chi connectivity index (χ1v) is 5.73. The Hall–Kier alpha value is -0.980. The highest BCUT2D eigenvalue weighted by atomic mass is 32.2. The van der Waals surface area contributed by atoms with Crippen LogP contribution < -0.4 is 5.73 Å². The van der Waals surface area contributed by atoms with Gasteiger partial charge in [0.05, 0.1) is 11.5 Å². The number of hydrogen-bond donors (Lipinski definition) is 2. The van der Waals surface area contributed by atoms with Gasteiger partial charge in [0.1, 0.15) is 0 Å². The zero-order valence-corrected chi connectivity index (χ0v) is 8.16. The van der Waals surface area contributed by atoms with Crippen molar-refractivity contribution in [3.8, 4) is 0 Å². The molecule has 0 bridgehead atoms. The summed E-state index contributed by atoms with van der Waals surface area (Å²) >= 11 is 0. The molecular formula is C6H13N3O3S. The van der Waals surface area contributed by atoms with Crippen LogP contribution in [0.4, 0.5) is 0 Å².